The monoisotopic (exact) mass is 382 g/mol. The number of carbonyl (C=O) groups excluding carboxylic acids is 2. The summed E-state index contributed by atoms with van der Waals surface area (Å²) in [6.45, 7) is 8.01. The minimum Gasteiger partial charge on any atom is -0.333 e. The maximum atomic E-state index is 12.8. The fourth-order valence-electron chi connectivity index (χ4n) is 3.02. The first-order valence-corrected chi connectivity index (χ1v) is 9.88. The van der Waals surface area contributed by atoms with Crippen LogP contribution in [0.2, 0.25) is 0 Å². The molecule has 0 aliphatic carbocycles. The number of benzene rings is 2. The molecule has 0 saturated carbocycles. The Balaban J connectivity index is 1.87. The number of anilines is 1. The molecule has 150 valence electrons. The molecule has 2 aromatic carbocycles. The van der Waals surface area contributed by atoms with E-state index in [9.17, 15) is 9.59 Å². The fourth-order valence-corrected chi connectivity index (χ4v) is 3.02. The lowest BCUT2D eigenvalue weighted by atomic mass is 10.1. The lowest BCUT2D eigenvalue weighted by Gasteiger charge is -2.24. The Hall–Kier alpha value is -2.66. The fraction of sp³-hybridized carbons (Fsp3) is 0.391. The first-order valence-electron chi connectivity index (χ1n) is 9.88. The summed E-state index contributed by atoms with van der Waals surface area (Å²) < 4.78 is 0. The van der Waals surface area contributed by atoms with Crippen LogP contribution in [0.15, 0.2) is 48.5 Å². The van der Waals surface area contributed by atoms with Gasteiger partial charge in [0.05, 0.1) is 7.05 Å². The predicted molar refractivity (Wildman–Crippen MR) is 113 cm³/mol. The van der Waals surface area contributed by atoms with Crippen molar-refractivity contribution in [1.82, 2.24) is 4.90 Å². The van der Waals surface area contributed by atoms with E-state index >= 15 is 0 Å². The lowest BCUT2D eigenvalue weighted by Crippen LogP contribution is -3.11. The molecule has 2 N–H and O–H groups in total. The second-order valence-corrected chi connectivity index (χ2v) is 7.53. The van der Waals surface area contributed by atoms with E-state index in [0.717, 1.165) is 34.7 Å². The Morgan fingerprint density at radius 2 is 1.50 bits per heavy atom. The van der Waals surface area contributed by atoms with Gasteiger partial charge in [-0.2, -0.15) is 0 Å². The molecular weight excluding hydrogens is 350 g/mol. The van der Waals surface area contributed by atoms with Crippen molar-refractivity contribution in [3.8, 4) is 0 Å². The molecule has 2 aromatic rings. The van der Waals surface area contributed by atoms with E-state index in [4.69, 9.17) is 0 Å². The van der Waals surface area contributed by atoms with Gasteiger partial charge in [-0.3, -0.25) is 9.59 Å². The van der Waals surface area contributed by atoms with Crippen LogP contribution in [0.4, 0.5) is 5.69 Å². The number of amides is 2. The van der Waals surface area contributed by atoms with Crippen LogP contribution in [-0.4, -0.2) is 43.4 Å². The Morgan fingerprint density at radius 3 is 2.07 bits per heavy atom. The van der Waals surface area contributed by atoms with E-state index in [1.54, 1.807) is 0 Å². The van der Waals surface area contributed by atoms with E-state index in [2.05, 4.69) is 43.4 Å². The minimum atomic E-state index is -0.0882. The summed E-state index contributed by atoms with van der Waals surface area (Å²) in [4.78, 5) is 27.8. The average Bonchev–Trinajstić information content (AvgIpc) is 2.64. The molecule has 0 bridgehead atoms. The van der Waals surface area contributed by atoms with Gasteiger partial charge in [-0.05, 0) is 38.0 Å². The molecule has 0 spiro atoms. The first-order chi connectivity index (χ1) is 13.4. The average molecular weight is 383 g/mol. The van der Waals surface area contributed by atoms with Gasteiger partial charge < -0.3 is 15.1 Å². The van der Waals surface area contributed by atoms with Crippen molar-refractivity contribution in [1.29, 1.82) is 0 Å². The zero-order valence-electron chi connectivity index (χ0n) is 17.4. The van der Waals surface area contributed by atoms with Crippen LogP contribution in [0.1, 0.15) is 30.0 Å². The molecule has 0 aromatic heterocycles. The highest BCUT2D eigenvalue weighted by Crippen LogP contribution is 2.08. The number of likely N-dealkylation sites (N-methyl/N-ethyl adjacent to an activating group) is 1. The summed E-state index contributed by atoms with van der Waals surface area (Å²) in [5.41, 5.74) is 4.26. The summed E-state index contributed by atoms with van der Waals surface area (Å²) in [7, 11) is 1.88. The molecule has 0 radical (unpaired) electrons. The summed E-state index contributed by atoms with van der Waals surface area (Å²) in [5.74, 6) is -0.0159. The molecule has 1 unspecified atom stereocenters. The highest BCUT2D eigenvalue weighted by Gasteiger charge is 2.19. The smallest absolute Gasteiger partial charge is 0.279 e. The van der Waals surface area contributed by atoms with Crippen LogP contribution in [0, 0.1) is 13.8 Å². The van der Waals surface area contributed by atoms with Gasteiger partial charge in [0.2, 0.25) is 0 Å². The molecule has 1 atom stereocenters. The minimum absolute atomic E-state index is 0.0723. The van der Waals surface area contributed by atoms with E-state index in [-0.39, 0.29) is 18.4 Å². The first kappa shape index (κ1) is 21.6. The number of hydrogen-bond acceptors (Lipinski definition) is 2. The van der Waals surface area contributed by atoms with Gasteiger partial charge in [0.15, 0.2) is 13.1 Å². The summed E-state index contributed by atoms with van der Waals surface area (Å²) in [6, 6.07) is 16.0. The zero-order valence-corrected chi connectivity index (χ0v) is 17.4. The van der Waals surface area contributed by atoms with Crippen molar-refractivity contribution >= 4 is 17.5 Å². The second-order valence-electron chi connectivity index (χ2n) is 7.53. The maximum absolute atomic E-state index is 12.8. The third-order valence-electron chi connectivity index (χ3n) is 4.59. The number of aryl methyl sites for hydroxylation is 2. The quantitative estimate of drug-likeness (QED) is 0.699. The lowest BCUT2D eigenvalue weighted by molar-refractivity contribution is -0.862. The van der Waals surface area contributed by atoms with Gasteiger partial charge in [-0.15, -0.1) is 0 Å². The standard InChI is InChI=1S/C23H31N3O2/c1-5-14-26(15-20-10-6-18(2)7-11-20)23(28)17-25(4)16-22(27)24-21-12-8-19(3)9-13-21/h6-13H,5,14-17H2,1-4H3,(H,24,27)/p+1. The van der Waals surface area contributed by atoms with Crippen LogP contribution in [0.25, 0.3) is 0 Å². The molecular formula is C23H32N3O2+. The van der Waals surface area contributed by atoms with Gasteiger partial charge >= 0.3 is 0 Å². The number of nitrogens with zero attached hydrogens (tertiary/aromatic N) is 1. The highest BCUT2D eigenvalue weighted by molar-refractivity contribution is 5.91. The molecule has 2 rings (SSSR count). The van der Waals surface area contributed by atoms with Crippen molar-refractivity contribution in [2.45, 2.75) is 33.7 Å². The number of hydrogen-bond donors (Lipinski definition) is 2. The third kappa shape index (κ3) is 7.16. The Bertz CT molecular complexity index is 769. The van der Waals surface area contributed by atoms with Crippen LogP contribution in [0.5, 0.6) is 0 Å². The molecule has 5 nitrogen and oxygen atoms in total. The molecule has 0 aliphatic heterocycles. The number of carbonyl (C=O) groups is 2. The molecule has 0 heterocycles. The van der Waals surface area contributed by atoms with Crippen molar-refractivity contribution in [2.75, 3.05) is 32.0 Å². The number of quaternary nitrogens is 1. The zero-order chi connectivity index (χ0) is 20.5. The van der Waals surface area contributed by atoms with Crippen LogP contribution in [-0.2, 0) is 16.1 Å². The Morgan fingerprint density at radius 1 is 0.929 bits per heavy atom. The van der Waals surface area contributed by atoms with Crippen molar-refractivity contribution in [3.63, 3.8) is 0 Å². The van der Waals surface area contributed by atoms with Gasteiger partial charge in [0.1, 0.15) is 0 Å². The van der Waals surface area contributed by atoms with Crippen LogP contribution >= 0.6 is 0 Å². The molecule has 0 aliphatic rings. The largest absolute Gasteiger partial charge is 0.333 e. The van der Waals surface area contributed by atoms with Gasteiger partial charge in [0.25, 0.3) is 11.8 Å². The highest BCUT2D eigenvalue weighted by atomic mass is 16.2. The second kappa shape index (κ2) is 10.6. The van der Waals surface area contributed by atoms with Gasteiger partial charge in [-0.1, -0.05) is 54.4 Å². The Kier molecular flexibility index (Phi) is 8.20. The van der Waals surface area contributed by atoms with Crippen LogP contribution < -0.4 is 10.2 Å². The predicted octanol–water partition coefficient (Wildman–Crippen LogP) is 2.20. The third-order valence-corrected chi connectivity index (χ3v) is 4.59. The van der Waals surface area contributed by atoms with Crippen molar-refractivity contribution in [3.05, 3.63) is 65.2 Å². The normalized spacial score (nSPS) is 11.7. The SMILES string of the molecule is CCCN(Cc1ccc(C)cc1)C(=O)C[NH+](C)CC(=O)Nc1ccc(C)cc1. The van der Waals surface area contributed by atoms with E-state index in [0.29, 0.717) is 13.1 Å². The topological polar surface area (TPSA) is 53.9 Å². The summed E-state index contributed by atoms with van der Waals surface area (Å²) >= 11 is 0. The summed E-state index contributed by atoms with van der Waals surface area (Å²) in [5, 5.41) is 2.89. The molecule has 5 heteroatoms. The maximum Gasteiger partial charge on any atom is 0.279 e. The van der Waals surface area contributed by atoms with Gasteiger partial charge in [0, 0.05) is 18.8 Å². The molecule has 0 fully saturated rings. The van der Waals surface area contributed by atoms with E-state index in [1.807, 2.05) is 43.1 Å². The van der Waals surface area contributed by atoms with E-state index in [1.165, 1.54) is 5.56 Å². The van der Waals surface area contributed by atoms with Gasteiger partial charge in [-0.25, -0.2) is 0 Å². The Labute approximate surface area is 168 Å². The number of nitrogens with one attached hydrogen (secondary N) is 2. The molecule has 0 saturated heterocycles. The molecule has 28 heavy (non-hydrogen) atoms. The van der Waals surface area contributed by atoms with E-state index < -0.39 is 0 Å². The summed E-state index contributed by atoms with van der Waals surface area (Å²) in [6.07, 6.45) is 0.907. The number of rotatable bonds is 9. The molecule has 2 amide bonds. The van der Waals surface area contributed by atoms with Crippen molar-refractivity contribution in [2.24, 2.45) is 0 Å². The van der Waals surface area contributed by atoms with Crippen LogP contribution in [0.3, 0.4) is 0 Å². The van der Waals surface area contributed by atoms with Crippen molar-refractivity contribution < 1.29 is 14.5 Å².